The standard InChI is InChI=1S/C29H26F4O3/c1-2-3-4-5-6-7-16-35-23-13-10-20(11-14-23)8-9-21-17-26(32)28(27(33)18-21)36-29(34)22-12-15-24(30)25(31)19-22/h10-15,17-19H,2-7,16H2,1H3. The minimum absolute atomic E-state index is 0.0287. The summed E-state index contributed by atoms with van der Waals surface area (Å²) in [5.74, 6) is -0.759. The third-order valence-corrected chi connectivity index (χ3v) is 5.32. The van der Waals surface area contributed by atoms with Gasteiger partial charge in [0.2, 0.25) is 5.75 Å². The van der Waals surface area contributed by atoms with Crippen molar-refractivity contribution >= 4 is 5.97 Å². The first-order valence-corrected chi connectivity index (χ1v) is 11.8. The molecule has 0 saturated heterocycles. The van der Waals surface area contributed by atoms with Crippen LogP contribution in [0.3, 0.4) is 0 Å². The molecule has 3 nitrogen and oxygen atoms in total. The molecule has 0 unspecified atom stereocenters. The summed E-state index contributed by atoms with van der Waals surface area (Å²) in [6, 6.07) is 11.1. The molecule has 0 atom stereocenters. The number of unbranched alkanes of at least 4 members (excludes halogenated alkanes) is 5. The largest absolute Gasteiger partial charge is 0.494 e. The molecule has 188 valence electrons. The average molecular weight is 499 g/mol. The molecule has 0 heterocycles. The summed E-state index contributed by atoms with van der Waals surface area (Å²) in [5, 5.41) is 0. The molecule has 3 aromatic rings. The quantitative estimate of drug-likeness (QED) is 0.0949. The van der Waals surface area contributed by atoms with Crippen LogP contribution in [0.5, 0.6) is 11.5 Å². The minimum Gasteiger partial charge on any atom is -0.494 e. The summed E-state index contributed by atoms with van der Waals surface area (Å²) in [5.41, 5.74) is 0.258. The first-order valence-electron chi connectivity index (χ1n) is 11.8. The molecule has 3 aromatic carbocycles. The predicted octanol–water partition coefficient (Wildman–Crippen LogP) is 7.60. The molecule has 0 saturated carbocycles. The van der Waals surface area contributed by atoms with Crippen LogP contribution in [0.15, 0.2) is 54.6 Å². The Labute approximate surface area is 208 Å². The predicted molar refractivity (Wildman–Crippen MR) is 129 cm³/mol. The molecule has 0 bridgehead atoms. The van der Waals surface area contributed by atoms with E-state index in [1.165, 1.54) is 25.7 Å². The van der Waals surface area contributed by atoms with Gasteiger partial charge < -0.3 is 9.47 Å². The van der Waals surface area contributed by atoms with Gasteiger partial charge in [-0.15, -0.1) is 0 Å². The minimum atomic E-state index is -1.28. The number of hydrogen-bond donors (Lipinski definition) is 0. The van der Waals surface area contributed by atoms with Gasteiger partial charge >= 0.3 is 5.97 Å². The fraction of sp³-hybridized carbons (Fsp3) is 0.276. The number of benzene rings is 3. The van der Waals surface area contributed by atoms with Gasteiger partial charge in [-0.05, 0) is 61.0 Å². The average Bonchev–Trinajstić information content (AvgIpc) is 2.86. The molecular formula is C29H26F4O3. The van der Waals surface area contributed by atoms with E-state index >= 15 is 0 Å². The Morgan fingerprint density at radius 3 is 2.03 bits per heavy atom. The van der Waals surface area contributed by atoms with Gasteiger partial charge in [0.1, 0.15) is 5.75 Å². The van der Waals surface area contributed by atoms with Crippen LogP contribution in [0.1, 0.15) is 66.9 Å². The third kappa shape index (κ3) is 7.88. The van der Waals surface area contributed by atoms with Crippen molar-refractivity contribution in [3.8, 4) is 23.3 Å². The highest BCUT2D eigenvalue weighted by atomic mass is 19.2. The van der Waals surface area contributed by atoms with Crippen molar-refractivity contribution in [1.29, 1.82) is 0 Å². The summed E-state index contributed by atoms with van der Waals surface area (Å²) < 4.78 is 65.6. The van der Waals surface area contributed by atoms with Gasteiger partial charge in [-0.2, -0.15) is 0 Å². The second-order valence-electron chi connectivity index (χ2n) is 8.18. The van der Waals surface area contributed by atoms with Gasteiger partial charge in [0, 0.05) is 11.1 Å². The summed E-state index contributed by atoms with van der Waals surface area (Å²) in [6.45, 7) is 2.83. The van der Waals surface area contributed by atoms with E-state index in [4.69, 9.17) is 9.47 Å². The van der Waals surface area contributed by atoms with Crippen molar-refractivity contribution in [2.75, 3.05) is 6.61 Å². The molecular weight excluding hydrogens is 472 g/mol. The lowest BCUT2D eigenvalue weighted by Gasteiger charge is -2.07. The molecule has 0 amide bonds. The zero-order chi connectivity index (χ0) is 25.9. The van der Waals surface area contributed by atoms with Crippen LogP contribution in [-0.2, 0) is 0 Å². The number of halogens is 4. The van der Waals surface area contributed by atoms with E-state index in [1.54, 1.807) is 24.3 Å². The lowest BCUT2D eigenvalue weighted by Crippen LogP contribution is -2.11. The molecule has 36 heavy (non-hydrogen) atoms. The monoisotopic (exact) mass is 498 g/mol. The fourth-order valence-electron chi connectivity index (χ4n) is 3.36. The molecule has 0 aromatic heterocycles. The van der Waals surface area contributed by atoms with Crippen molar-refractivity contribution in [3.05, 3.63) is 94.6 Å². The number of esters is 1. The summed E-state index contributed by atoms with van der Waals surface area (Å²) in [7, 11) is 0. The third-order valence-electron chi connectivity index (χ3n) is 5.32. The summed E-state index contributed by atoms with van der Waals surface area (Å²) in [4.78, 5) is 12.1. The Kier molecular flexibility index (Phi) is 9.93. The molecule has 0 aliphatic carbocycles. The van der Waals surface area contributed by atoms with E-state index in [0.717, 1.165) is 36.8 Å². The lowest BCUT2D eigenvalue weighted by molar-refractivity contribution is 0.0719. The first-order chi connectivity index (χ1) is 17.4. The van der Waals surface area contributed by atoms with Gasteiger partial charge in [-0.3, -0.25) is 0 Å². The van der Waals surface area contributed by atoms with Crippen molar-refractivity contribution < 1.29 is 31.8 Å². The van der Waals surface area contributed by atoms with E-state index in [9.17, 15) is 22.4 Å². The number of hydrogen-bond acceptors (Lipinski definition) is 3. The van der Waals surface area contributed by atoms with E-state index in [1.807, 2.05) is 0 Å². The molecule has 0 aliphatic rings. The highest BCUT2D eigenvalue weighted by Crippen LogP contribution is 2.24. The molecule has 0 fully saturated rings. The maximum atomic E-state index is 14.4. The van der Waals surface area contributed by atoms with Crippen LogP contribution in [0.25, 0.3) is 0 Å². The number of rotatable bonds is 10. The Balaban J connectivity index is 1.58. The highest BCUT2D eigenvalue weighted by Gasteiger charge is 2.18. The van der Waals surface area contributed by atoms with Gasteiger partial charge in [-0.1, -0.05) is 50.9 Å². The van der Waals surface area contributed by atoms with Crippen LogP contribution in [0.2, 0.25) is 0 Å². The van der Waals surface area contributed by atoms with E-state index in [0.29, 0.717) is 24.3 Å². The van der Waals surface area contributed by atoms with Gasteiger partial charge in [0.05, 0.1) is 12.2 Å². The zero-order valence-electron chi connectivity index (χ0n) is 19.9. The van der Waals surface area contributed by atoms with Crippen LogP contribution in [-0.4, -0.2) is 12.6 Å². The molecule has 0 aliphatic heterocycles. The second-order valence-corrected chi connectivity index (χ2v) is 8.18. The first kappa shape index (κ1) is 26.8. The van der Waals surface area contributed by atoms with Gasteiger partial charge in [0.25, 0.3) is 0 Å². The number of ether oxygens (including phenoxy) is 2. The van der Waals surface area contributed by atoms with Crippen LogP contribution in [0, 0.1) is 35.1 Å². The summed E-state index contributed by atoms with van der Waals surface area (Å²) >= 11 is 0. The Morgan fingerprint density at radius 1 is 0.722 bits per heavy atom. The van der Waals surface area contributed by atoms with Crippen molar-refractivity contribution in [1.82, 2.24) is 0 Å². The molecule has 0 spiro atoms. The fourth-order valence-corrected chi connectivity index (χ4v) is 3.36. The zero-order valence-corrected chi connectivity index (χ0v) is 19.9. The Hall–Kier alpha value is -3.79. The SMILES string of the molecule is CCCCCCCCOc1ccc(C#Cc2cc(F)c(OC(=O)c3ccc(F)c(F)c3)c(F)c2)cc1. The van der Waals surface area contributed by atoms with Crippen LogP contribution < -0.4 is 9.47 Å². The van der Waals surface area contributed by atoms with E-state index < -0.39 is 40.6 Å². The normalized spacial score (nSPS) is 10.5. The second kappa shape index (κ2) is 13.3. The molecule has 0 N–H and O–H groups in total. The Bertz CT molecular complexity index is 1220. The number of carbonyl (C=O) groups excluding carboxylic acids is 1. The van der Waals surface area contributed by atoms with Crippen molar-refractivity contribution in [3.63, 3.8) is 0 Å². The highest BCUT2D eigenvalue weighted by molar-refractivity contribution is 5.91. The molecule has 3 rings (SSSR count). The van der Waals surface area contributed by atoms with Gasteiger partial charge in [-0.25, -0.2) is 22.4 Å². The molecule has 0 radical (unpaired) electrons. The lowest BCUT2D eigenvalue weighted by atomic mass is 10.1. The topological polar surface area (TPSA) is 35.5 Å². The summed E-state index contributed by atoms with van der Waals surface area (Å²) in [6.07, 6.45) is 7.08. The van der Waals surface area contributed by atoms with Crippen LogP contribution >= 0.6 is 0 Å². The maximum Gasteiger partial charge on any atom is 0.343 e. The van der Waals surface area contributed by atoms with Gasteiger partial charge in [0.15, 0.2) is 23.3 Å². The van der Waals surface area contributed by atoms with Crippen molar-refractivity contribution in [2.45, 2.75) is 45.4 Å². The van der Waals surface area contributed by atoms with Crippen molar-refractivity contribution in [2.24, 2.45) is 0 Å². The molecule has 7 heteroatoms. The Morgan fingerprint density at radius 2 is 1.36 bits per heavy atom. The number of carbonyl (C=O) groups is 1. The van der Waals surface area contributed by atoms with E-state index in [2.05, 4.69) is 18.8 Å². The van der Waals surface area contributed by atoms with E-state index in [-0.39, 0.29) is 5.56 Å². The maximum absolute atomic E-state index is 14.4. The smallest absolute Gasteiger partial charge is 0.343 e. The van der Waals surface area contributed by atoms with Crippen LogP contribution in [0.4, 0.5) is 17.6 Å².